The average Bonchev–Trinajstić information content (AvgIpc) is 2.28. The van der Waals surface area contributed by atoms with Gasteiger partial charge < -0.3 is 5.73 Å². The Morgan fingerprint density at radius 1 is 1.28 bits per heavy atom. The fourth-order valence-electron chi connectivity index (χ4n) is 2.15. The van der Waals surface area contributed by atoms with Crippen LogP contribution in [0.3, 0.4) is 0 Å². The fraction of sp³-hybridized carbons (Fsp3) is 0.625. The highest BCUT2D eigenvalue weighted by atomic mass is 15.2. The van der Waals surface area contributed by atoms with Gasteiger partial charge in [0.15, 0.2) is 0 Å². The van der Waals surface area contributed by atoms with E-state index in [2.05, 4.69) is 64.8 Å². The molecule has 18 heavy (non-hydrogen) atoms. The first-order chi connectivity index (χ1) is 8.27. The number of nitrogens with two attached hydrogens (primary N) is 1. The van der Waals surface area contributed by atoms with Crippen molar-refractivity contribution in [3.63, 3.8) is 0 Å². The van der Waals surface area contributed by atoms with Crippen LogP contribution in [0.2, 0.25) is 0 Å². The SMILES string of the molecule is CCC(C)(C)N(C)CC(N)c1ccc(C)cc1C. The van der Waals surface area contributed by atoms with Gasteiger partial charge in [-0.25, -0.2) is 0 Å². The molecule has 1 aromatic carbocycles. The molecule has 1 aromatic rings. The van der Waals surface area contributed by atoms with Crippen molar-refractivity contribution in [2.24, 2.45) is 5.73 Å². The van der Waals surface area contributed by atoms with Gasteiger partial charge >= 0.3 is 0 Å². The molecule has 0 saturated heterocycles. The molecule has 0 amide bonds. The number of aryl methyl sites for hydroxylation is 2. The summed E-state index contributed by atoms with van der Waals surface area (Å²) in [6.45, 7) is 11.9. The van der Waals surface area contributed by atoms with Gasteiger partial charge in [-0.05, 0) is 52.3 Å². The van der Waals surface area contributed by atoms with Gasteiger partial charge in [0, 0.05) is 18.1 Å². The molecule has 0 aliphatic carbocycles. The summed E-state index contributed by atoms with van der Waals surface area (Å²) in [6, 6.07) is 6.61. The van der Waals surface area contributed by atoms with Crippen molar-refractivity contribution in [2.75, 3.05) is 13.6 Å². The quantitative estimate of drug-likeness (QED) is 0.865. The van der Waals surface area contributed by atoms with Crippen molar-refractivity contribution < 1.29 is 0 Å². The Morgan fingerprint density at radius 2 is 1.89 bits per heavy atom. The lowest BCUT2D eigenvalue weighted by atomic mass is 9.96. The maximum absolute atomic E-state index is 6.36. The van der Waals surface area contributed by atoms with Crippen molar-refractivity contribution in [1.29, 1.82) is 0 Å². The third-order valence-corrected chi connectivity index (χ3v) is 4.19. The van der Waals surface area contributed by atoms with E-state index in [1.54, 1.807) is 0 Å². The molecule has 0 aromatic heterocycles. The van der Waals surface area contributed by atoms with Gasteiger partial charge in [-0.1, -0.05) is 30.7 Å². The van der Waals surface area contributed by atoms with Crippen LogP contribution in [0.1, 0.15) is 49.9 Å². The summed E-state index contributed by atoms with van der Waals surface area (Å²) in [5, 5.41) is 0. The van der Waals surface area contributed by atoms with E-state index in [1.807, 2.05) is 0 Å². The molecule has 102 valence electrons. The zero-order valence-electron chi connectivity index (χ0n) is 12.7. The largest absolute Gasteiger partial charge is 0.323 e. The first kappa shape index (κ1) is 15.2. The van der Waals surface area contributed by atoms with E-state index in [9.17, 15) is 0 Å². The molecule has 1 rings (SSSR count). The zero-order valence-corrected chi connectivity index (χ0v) is 12.7. The number of hydrogen-bond acceptors (Lipinski definition) is 2. The summed E-state index contributed by atoms with van der Waals surface area (Å²) in [6.07, 6.45) is 1.13. The van der Waals surface area contributed by atoms with Crippen LogP contribution in [0.5, 0.6) is 0 Å². The third-order valence-electron chi connectivity index (χ3n) is 4.19. The van der Waals surface area contributed by atoms with Gasteiger partial charge in [-0.3, -0.25) is 4.90 Å². The Morgan fingerprint density at radius 3 is 2.39 bits per heavy atom. The van der Waals surface area contributed by atoms with Crippen LogP contribution in [0, 0.1) is 13.8 Å². The maximum Gasteiger partial charge on any atom is 0.0426 e. The van der Waals surface area contributed by atoms with Crippen LogP contribution in [-0.2, 0) is 0 Å². The van der Waals surface area contributed by atoms with Crippen LogP contribution in [0.15, 0.2) is 18.2 Å². The Bertz CT molecular complexity index is 396. The topological polar surface area (TPSA) is 29.3 Å². The van der Waals surface area contributed by atoms with Crippen molar-refractivity contribution >= 4 is 0 Å². The summed E-state index contributed by atoms with van der Waals surface area (Å²) in [5.41, 5.74) is 10.4. The average molecular weight is 248 g/mol. The number of nitrogens with zero attached hydrogens (tertiary/aromatic N) is 1. The van der Waals surface area contributed by atoms with Crippen LogP contribution in [0.25, 0.3) is 0 Å². The second-order valence-corrected chi connectivity index (χ2v) is 6.01. The molecule has 0 spiro atoms. The molecule has 1 unspecified atom stereocenters. The molecule has 0 heterocycles. The first-order valence-corrected chi connectivity index (χ1v) is 6.82. The Labute approximate surface area is 112 Å². The Kier molecular flexibility index (Phi) is 4.94. The molecule has 2 nitrogen and oxygen atoms in total. The van der Waals surface area contributed by atoms with Crippen molar-refractivity contribution in [1.82, 2.24) is 4.90 Å². The van der Waals surface area contributed by atoms with Gasteiger partial charge in [-0.2, -0.15) is 0 Å². The highest BCUT2D eigenvalue weighted by Gasteiger charge is 2.23. The smallest absolute Gasteiger partial charge is 0.0426 e. The molecule has 2 N–H and O–H groups in total. The molecule has 0 fully saturated rings. The van der Waals surface area contributed by atoms with Gasteiger partial charge in [0.1, 0.15) is 0 Å². The summed E-state index contributed by atoms with van der Waals surface area (Å²) >= 11 is 0. The molecule has 0 saturated carbocycles. The van der Waals surface area contributed by atoms with E-state index in [1.165, 1.54) is 16.7 Å². The van der Waals surface area contributed by atoms with Gasteiger partial charge in [-0.15, -0.1) is 0 Å². The molecule has 0 radical (unpaired) electrons. The molecule has 0 bridgehead atoms. The van der Waals surface area contributed by atoms with E-state index in [4.69, 9.17) is 5.73 Å². The first-order valence-electron chi connectivity index (χ1n) is 6.82. The normalized spacial score (nSPS) is 14.0. The van der Waals surface area contributed by atoms with Crippen LogP contribution in [-0.4, -0.2) is 24.0 Å². The third kappa shape index (κ3) is 3.56. The number of rotatable bonds is 5. The molecule has 1 atom stereocenters. The van der Waals surface area contributed by atoms with Crippen molar-refractivity contribution in [3.05, 3.63) is 34.9 Å². The Balaban J connectivity index is 2.79. The minimum Gasteiger partial charge on any atom is -0.323 e. The summed E-state index contributed by atoms with van der Waals surface area (Å²) < 4.78 is 0. The second kappa shape index (κ2) is 5.85. The standard InChI is InChI=1S/C16H28N2/c1-7-16(4,5)18(6)11-15(17)14-9-8-12(2)10-13(14)3/h8-10,15H,7,11,17H2,1-6H3. The summed E-state index contributed by atoms with van der Waals surface area (Å²) in [4.78, 5) is 2.36. The maximum atomic E-state index is 6.36. The Hall–Kier alpha value is -0.860. The van der Waals surface area contributed by atoms with Gasteiger partial charge in [0.2, 0.25) is 0 Å². The van der Waals surface area contributed by atoms with E-state index in [0.29, 0.717) is 0 Å². The lowest BCUT2D eigenvalue weighted by Crippen LogP contribution is -2.44. The highest BCUT2D eigenvalue weighted by Crippen LogP contribution is 2.22. The minimum absolute atomic E-state index is 0.0847. The predicted octanol–water partition coefficient (Wildman–Crippen LogP) is 3.42. The lowest BCUT2D eigenvalue weighted by molar-refractivity contribution is 0.142. The summed E-state index contributed by atoms with van der Waals surface area (Å²) in [5.74, 6) is 0. The predicted molar refractivity (Wildman–Crippen MR) is 79.8 cm³/mol. The molecular weight excluding hydrogens is 220 g/mol. The van der Waals surface area contributed by atoms with Crippen molar-refractivity contribution in [2.45, 2.75) is 52.6 Å². The fourth-order valence-corrected chi connectivity index (χ4v) is 2.15. The van der Waals surface area contributed by atoms with E-state index in [0.717, 1.165) is 13.0 Å². The number of hydrogen-bond donors (Lipinski definition) is 1. The van der Waals surface area contributed by atoms with E-state index >= 15 is 0 Å². The summed E-state index contributed by atoms with van der Waals surface area (Å²) in [7, 11) is 2.16. The van der Waals surface area contributed by atoms with Gasteiger partial charge in [0.05, 0.1) is 0 Å². The second-order valence-electron chi connectivity index (χ2n) is 6.01. The van der Waals surface area contributed by atoms with E-state index in [-0.39, 0.29) is 11.6 Å². The highest BCUT2D eigenvalue weighted by molar-refractivity contribution is 5.32. The molecule has 2 heteroatoms. The molecular formula is C16H28N2. The van der Waals surface area contributed by atoms with Crippen LogP contribution >= 0.6 is 0 Å². The van der Waals surface area contributed by atoms with Gasteiger partial charge in [0.25, 0.3) is 0 Å². The monoisotopic (exact) mass is 248 g/mol. The molecule has 0 aliphatic heterocycles. The van der Waals surface area contributed by atoms with Crippen LogP contribution in [0.4, 0.5) is 0 Å². The van der Waals surface area contributed by atoms with Crippen molar-refractivity contribution in [3.8, 4) is 0 Å². The van der Waals surface area contributed by atoms with Crippen LogP contribution < -0.4 is 5.73 Å². The molecule has 0 aliphatic rings. The lowest BCUT2D eigenvalue weighted by Gasteiger charge is -2.36. The van der Waals surface area contributed by atoms with E-state index < -0.39 is 0 Å². The zero-order chi connectivity index (χ0) is 13.9. The number of likely N-dealkylation sites (N-methyl/N-ethyl adjacent to an activating group) is 1. The minimum atomic E-state index is 0.0847. The number of benzene rings is 1.